The minimum atomic E-state index is 0.644. The maximum Gasteiger partial charge on any atom is 0.0406 e. The highest BCUT2D eigenvalue weighted by Crippen LogP contribution is 2.11. The van der Waals surface area contributed by atoms with Gasteiger partial charge in [0.1, 0.15) is 0 Å². The molecule has 0 bridgehead atoms. The predicted molar refractivity (Wildman–Crippen MR) is 64.2 cm³/mol. The third-order valence-electron chi connectivity index (χ3n) is 2.90. The number of halogens is 1. The van der Waals surface area contributed by atoms with Gasteiger partial charge in [-0.25, -0.2) is 0 Å². The Bertz CT molecular complexity index is 310. The van der Waals surface area contributed by atoms with E-state index in [0.717, 1.165) is 18.1 Å². The van der Waals surface area contributed by atoms with Gasteiger partial charge in [0, 0.05) is 24.2 Å². The molecule has 15 heavy (non-hydrogen) atoms. The summed E-state index contributed by atoms with van der Waals surface area (Å²) in [5, 5.41) is 4.37. The quantitative estimate of drug-likeness (QED) is 0.847. The van der Waals surface area contributed by atoms with Crippen molar-refractivity contribution in [1.82, 2.24) is 10.2 Å². The summed E-state index contributed by atoms with van der Waals surface area (Å²) in [6.07, 6.45) is 1.25. The lowest BCUT2D eigenvalue weighted by Gasteiger charge is -2.12. The molecule has 1 atom stereocenters. The van der Waals surface area contributed by atoms with Crippen molar-refractivity contribution >= 4 is 11.6 Å². The highest BCUT2D eigenvalue weighted by molar-refractivity contribution is 6.30. The second kappa shape index (κ2) is 4.97. The fourth-order valence-corrected chi connectivity index (χ4v) is 2.09. The second-order valence-electron chi connectivity index (χ2n) is 4.26. The van der Waals surface area contributed by atoms with E-state index in [2.05, 4.69) is 29.4 Å². The highest BCUT2D eigenvalue weighted by atomic mass is 35.5. The van der Waals surface area contributed by atoms with E-state index in [1.165, 1.54) is 18.5 Å². The molecule has 1 aliphatic rings. The molecule has 3 heteroatoms. The monoisotopic (exact) mass is 224 g/mol. The van der Waals surface area contributed by atoms with Gasteiger partial charge in [0.15, 0.2) is 0 Å². The number of likely N-dealkylation sites (N-methyl/N-ethyl adjacent to an activating group) is 1. The second-order valence-corrected chi connectivity index (χ2v) is 4.69. The molecular weight excluding hydrogens is 208 g/mol. The lowest BCUT2D eigenvalue weighted by Crippen LogP contribution is -2.30. The topological polar surface area (TPSA) is 15.3 Å². The lowest BCUT2D eigenvalue weighted by molar-refractivity contribution is 0.397. The Kier molecular flexibility index (Phi) is 3.62. The Balaban J connectivity index is 1.80. The Labute approximate surface area is 96.2 Å². The summed E-state index contributed by atoms with van der Waals surface area (Å²) >= 11 is 5.83. The summed E-state index contributed by atoms with van der Waals surface area (Å²) < 4.78 is 0. The lowest BCUT2D eigenvalue weighted by atomic mass is 10.2. The zero-order valence-electron chi connectivity index (χ0n) is 9.04. The first-order valence-electron chi connectivity index (χ1n) is 5.40. The van der Waals surface area contributed by atoms with Gasteiger partial charge < -0.3 is 10.2 Å². The standard InChI is InChI=1S/C12H17ClN2/c1-15-7-6-12(9-15)14-8-10-2-4-11(13)5-3-10/h2-5,12,14H,6-9H2,1H3. The van der Waals surface area contributed by atoms with Crippen LogP contribution in [0.4, 0.5) is 0 Å². The molecule has 0 radical (unpaired) electrons. The van der Waals surface area contributed by atoms with Crippen LogP contribution >= 0.6 is 11.6 Å². The van der Waals surface area contributed by atoms with Crippen LogP contribution in [0.25, 0.3) is 0 Å². The van der Waals surface area contributed by atoms with Crippen LogP contribution in [0.2, 0.25) is 5.02 Å². The van der Waals surface area contributed by atoms with E-state index < -0.39 is 0 Å². The Morgan fingerprint density at radius 1 is 1.40 bits per heavy atom. The molecule has 1 unspecified atom stereocenters. The zero-order valence-corrected chi connectivity index (χ0v) is 9.80. The van der Waals surface area contributed by atoms with E-state index in [9.17, 15) is 0 Å². The molecule has 0 aliphatic carbocycles. The summed E-state index contributed by atoms with van der Waals surface area (Å²) in [5.74, 6) is 0. The van der Waals surface area contributed by atoms with E-state index >= 15 is 0 Å². The number of likely N-dealkylation sites (tertiary alicyclic amines) is 1. The van der Waals surface area contributed by atoms with Gasteiger partial charge in [-0.05, 0) is 37.7 Å². The van der Waals surface area contributed by atoms with Crippen LogP contribution in [0.3, 0.4) is 0 Å². The first-order chi connectivity index (χ1) is 7.24. The van der Waals surface area contributed by atoms with Crippen LogP contribution < -0.4 is 5.32 Å². The largest absolute Gasteiger partial charge is 0.309 e. The van der Waals surface area contributed by atoms with Gasteiger partial charge >= 0.3 is 0 Å². The average molecular weight is 225 g/mol. The number of nitrogens with zero attached hydrogens (tertiary/aromatic N) is 1. The molecule has 0 saturated carbocycles. The van der Waals surface area contributed by atoms with Gasteiger partial charge in [0.25, 0.3) is 0 Å². The molecule has 0 spiro atoms. The van der Waals surface area contributed by atoms with Crippen molar-refractivity contribution in [3.05, 3.63) is 34.9 Å². The van der Waals surface area contributed by atoms with Crippen molar-refractivity contribution < 1.29 is 0 Å². The van der Waals surface area contributed by atoms with Crippen LogP contribution in [0, 0.1) is 0 Å². The molecule has 1 aromatic carbocycles. The van der Waals surface area contributed by atoms with E-state index in [1.807, 2.05) is 12.1 Å². The number of rotatable bonds is 3. The Morgan fingerprint density at radius 2 is 2.13 bits per heavy atom. The maximum atomic E-state index is 5.83. The van der Waals surface area contributed by atoms with Crippen LogP contribution in [-0.4, -0.2) is 31.1 Å². The first kappa shape index (κ1) is 10.9. The SMILES string of the molecule is CN1CCC(NCc2ccc(Cl)cc2)C1. The van der Waals surface area contributed by atoms with Crippen molar-refractivity contribution in [2.24, 2.45) is 0 Å². The molecule has 2 nitrogen and oxygen atoms in total. The normalized spacial score (nSPS) is 22.1. The molecule has 0 amide bonds. The van der Waals surface area contributed by atoms with Crippen LogP contribution in [0.15, 0.2) is 24.3 Å². The molecule has 1 fully saturated rings. The smallest absolute Gasteiger partial charge is 0.0406 e. The van der Waals surface area contributed by atoms with Crippen molar-refractivity contribution in [2.75, 3.05) is 20.1 Å². The van der Waals surface area contributed by atoms with Crippen LogP contribution in [0.1, 0.15) is 12.0 Å². The van der Waals surface area contributed by atoms with E-state index in [1.54, 1.807) is 0 Å². The number of hydrogen-bond donors (Lipinski definition) is 1. The summed E-state index contributed by atoms with van der Waals surface area (Å²) in [6.45, 7) is 3.31. The molecular formula is C12H17ClN2. The molecule has 0 aromatic heterocycles. The van der Waals surface area contributed by atoms with Crippen LogP contribution in [-0.2, 0) is 6.54 Å². The number of benzene rings is 1. The van der Waals surface area contributed by atoms with Gasteiger partial charge in [-0.3, -0.25) is 0 Å². The van der Waals surface area contributed by atoms with E-state index in [-0.39, 0.29) is 0 Å². The minimum absolute atomic E-state index is 0.644. The summed E-state index contributed by atoms with van der Waals surface area (Å²) in [7, 11) is 2.17. The Morgan fingerprint density at radius 3 is 2.73 bits per heavy atom. The van der Waals surface area contributed by atoms with Gasteiger partial charge in [0.05, 0.1) is 0 Å². The van der Waals surface area contributed by atoms with Crippen molar-refractivity contribution in [2.45, 2.75) is 19.0 Å². The predicted octanol–water partition coefficient (Wildman–Crippen LogP) is 2.13. The summed E-state index contributed by atoms with van der Waals surface area (Å²) in [6, 6.07) is 8.69. The number of nitrogens with one attached hydrogen (secondary N) is 1. The van der Waals surface area contributed by atoms with Gasteiger partial charge in [-0.15, -0.1) is 0 Å². The van der Waals surface area contributed by atoms with Crippen molar-refractivity contribution in [3.63, 3.8) is 0 Å². The highest BCUT2D eigenvalue weighted by Gasteiger charge is 2.18. The van der Waals surface area contributed by atoms with Crippen LogP contribution in [0.5, 0.6) is 0 Å². The summed E-state index contributed by atoms with van der Waals surface area (Å²) in [5.41, 5.74) is 1.30. The minimum Gasteiger partial charge on any atom is -0.309 e. The Hall–Kier alpha value is -0.570. The molecule has 1 N–H and O–H groups in total. The molecule has 1 aliphatic heterocycles. The summed E-state index contributed by atoms with van der Waals surface area (Å²) in [4.78, 5) is 2.36. The maximum absolute atomic E-state index is 5.83. The van der Waals surface area contributed by atoms with Gasteiger partial charge in [-0.1, -0.05) is 23.7 Å². The van der Waals surface area contributed by atoms with E-state index in [4.69, 9.17) is 11.6 Å². The third kappa shape index (κ3) is 3.20. The molecule has 1 heterocycles. The first-order valence-corrected chi connectivity index (χ1v) is 5.78. The van der Waals surface area contributed by atoms with Crippen molar-refractivity contribution in [1.29, 1.82) is 0 Å². The van der Waals surface area contributed by atoms with E-state index in [0.29, 0.717) is 6.04 Å². The fraction of sp³-hybridized carbons (Fsp3) is 0.500. The molecule has 82 valence electrons. The molecule has 1 aromatic rings. The fourth-order valence-electron chi connectivity index (χ4n) is 1.97. The molecule has 2 rings (SSSR count). The average Bonchev–Trinajstić information content (AvgIpc) is 2.64. The third-order valence-corrected chi connectivity index (χ3v) is 3.15. The van der Waals surface area contributed by atoms with Crippen molar-refractivity contribution in [3.8, 4) is 0 Å². The number of hydrogen-bond acceptors (Lipinski definition) is 2. The van der Waals surface area contributed by atoms with Gasteiger partial charge in [-0.2, -0.15) is 0 Å². The van der Waals surface area contributed by atoms with Gasteiger partial charge in [0.2, 0.25) is 0 Å². The zero-order chi connectivity index (χ0) is 10.7. The molecule has 1 saturated heterocycles.